The minimum Gasteiger partial charge on any atom is -0.497 e. The number of unbranched alkanes of at least 4 members (excludes halogenated alkanes) is 1. The molecule has 0 fully saturated rings. The second-order valence-corrected chi connectivity index (χ2v) is 7.10. The minimum atomic E-state index is -3.69. The number of benzene rings is 2. The molecule has 2 aromatic carbocycles. The first-order valence-electron chi connectivity index (χ1n) is 7.84. The molecule has 5 nitrogen and oxygen atoms in total. The molecule has 0 aliphatic heterocycles. The van der Waals surface area contributed by atoms with Gasteiger partial charge in [-0.2, -0.15) is 0 Å². The van der Waals surface area contributed by atoms with E-state index in [0.717, 1.165) is 24.8 Å². The normalized spacial score (nSPS) is 11.1. The SMILES string of the molecule is CCCCc1ccc(S(=O)(=O)Nc2cc(OC)ccc2OC)cc1. The number of aryl methyl sites for hydroxylation is 1. The van der Waals surface area contributed by atoms with Crippen molar-refractivity contribution in [2.45, 2.75) is 31.1 Å². The van der Waals surface area contributed by atoms with Gasteiger partial charge in [0.15, 0.2) is 0 Å². The lowest BCUT2D eigenvalue weighted by Crippen LogP contribution is -2.13. The van der Waals surface area contributed by atoms with Crippen LogP contribution in [0.5, 0.6) is 11.5 Å². The standard InChI is InChI=1S/C18H23NO4S/c1-4-5-6-14-7-10-16(11-8-14)24(20,21)19-17-13-15(22-2)9-12-18(17)23-3/h7-13,19H,4-6H2,1-3H3. The van der Waals surface area contributed by atoms with E-state index in [0.29, 0.717) is 17.2 Å². The van der Waals surface area contributed by atoms with Crippen molar-refractivity contribution in [2.24, 2.45) is 0 Å². The summed E-state index contributed by atoms with van der Waals surface area (Å²) in [6.45, 7) is 2.13. The van der Waals surface area contributed by atoms with Gasteiger partial charge in [-0.05, 0) is 42.7 Å². The summed E-state index contributed by atoms with van der Waals surface area (Å²) in [4.78, 5) is 0.215. The van der Waals surface area contributed by atoms with Gasteiger partial charge in [-0.1, -0.05) is 25.5 Å². The third-order valence-corrected chi connectivity index (χ3v) is 5.09. The number of ether oxygens (including phenoxy) is 2. The monoisotopic (exact) mass is 349 g/mol. The summed E-state index contributed by atoms with van der Waals surface area (Å²) < 4.78 is 38.1. The lowest BCUT2D eigenvalue weighted by Gasteiger charge is -2.13. The van der Waals surface area contributed by atoms with E-state index in [1.807, 2.05) is 12.1 Å². The Hall–Kier alpha value is -2.21. The number of nitrogens with one attached hydrogen (secondary N) is 1. The second-order valence-electron chi connectivity index (χ2n) is 5.42. The van der Waals surface area contributed by atoms with Crippen molar-refractivity contribution < 1.29 is 17.9 Å². The molecule has 0 saturated heterocycles. The number of rotatable bonds is 8. The third kappa shape index (κ3) is 4.41. The summed E-state index contributed by atoms with van der Waals surface area (Å²) in [5.41, 5.74) is 1.47. The van der Waals surface area contributed by atoms with Gasteiger partial charge in [0.25, 0.3) is 10.0 Å². The van der Waals surface area contributed by atoms with E-state index in [1.54, 1.807) is 30.3 Å². The van der Waals surface area contributed by atoms with E-state index in [-0.39, 0.29) is 4.90 Å². The average molecular weight is 349 g/mol. The van der Waals surface area contributed by atoms with Gasteiger partial charge in [0.05, 0.1) is 24.8 Å². The van der Waals surface area contributed by atoms with Gasteiger partial charge < -0.3 is 9.47 Å². The van der Waals surface area contributed by atoms with Crippen LogP contribution < -0.4 is 14.2 Å². The van der Waals surface area contributed by atoms with Crippen LogP contribution in [0.3, 0.4) is 0 Å². The number of hydrogen-bond acceptors (Lipinski definition) is 4. The van der Waals surface area contributed by atoms with Crippen LogP contribution >= 0.6 is 0 Å². The van der Waals surface area contributed by atoms with Crippen molar-refractivity contribution in [1.29, 1.82) is 0 Å². The number of methoxy groups -OCH3 is 2. The summed E-state index contributed by atoms with van der Waals surface area (Å²) in [6, 6.07) is 11.9. The van der Waals surface area contributed by atoms with Gasteiger partial charge in [-0.3, -0.25) is 4.72 Å². The Morgan fingerprint density at radius 1 is 1.00 bits per heavy atom. The van der Waals surface area contributed by atoms with Crippen LogP contribution in [0.4, 0.5) is 5.69 Å². The fourth-order valence-corrected chi connectivity index (χ4v) is 3.37. The number of sulfonamides is 1. The molecular formula is C18H23NO4S. The first-order chi connectivity index (χ1) is 11.5. The molecule has 0 aromatic heterocycles. The van der Waals surface area contributed by atoms with Gasteiger partial charge >= 0.3 is 0 Å². The van der Waals surface area contributed by atoms with Crippen LogP contribution in [-0.2, 0) is 16.4 Å². The largest absolute Gasteiger partial charge is 0.497 e. The second kappa shape index (κ2) is 8.06. The highest BCUT2D eigenvalue weighted by Crippen LogP contribution is 2.30. The lowest BCUT2D eigenvalue weighted by atomic mass is 10.1. The van der Waals surface area contributed by atoms with Crippen LogP contribution in [0, 0.1) is 0 Å². The molecule has 2 aromatic rings. The Balaban J connectivity index is 2.25. The average Bonchev–Trinajstić information content (AvgIpc) is 2.60. The Morgan fingerprint density at radius 2 is 1.71 bits per heavy atom. The quantitative estimate of drug-likeness (QED) is 0.786. The molecule has 24 heavy (non-hydrogen) atoms. The Bertz CT molecular complexity index is 770. The first-order valence-corrected chi connectivity index (χ1v) is 9.32. The lowest BCUT2D eigenvalue weighted by molar-refractivity contribution is 0.405. The molecule has 0 bridgehead atoms. The molecule has 0 unspecified atom stereocenters. The highest BCUT2D eigenvalue weighted by molar-refractivity contribution is 7.92. The molecule has 0 atom stereocenters. The fraction of sp³-hybridized carbons (Fsp3) is 0.333. The molecule has 0 aliphatic carbocycles. The van der Waals surface area contributed by atoms with Gasteiger partial charge in [0, 0.05) is 6.07 Å². The van der Waals surface area contributed by atoms with Crippen molar-refractivity contribution in [1.82, 2.24) is 0 Å². The topological polar surface area (TPSA) is 64.6 Å². The molecule has 0 spiro atoms. The summed E-state index contributed by atoms with van der Waals surface area (Å²) >= 11 is 0. The molecular weight excluding hydrogens is 326 g/mol. The van der Waals surface area contributed by atoms with E-state index in [9.17, 15) is 8.42 Å². The van der Waals surface area contributed by atoms with Crippen molar-refractivity contribution in [3.8, 4) is 11.5 Å². The van der Waals surface area contributed by atoms with Crippen LogP contribution in [-0.4, -0.2) is 22.6 Å². The molecule has 0 amide bonds. The zero-order valence-corrected chi connectivity index (χ0v) is 15.0. The van der Waals surface area contributed by atoms with Crippen molar-refractivity contribution >= 4 is 15.7 Å². The van der Waals surface area contributed by atoms with Crippen LogP contribution in [0.25, 0.3) is 0 Å². The Kier molecular flexibility index (Phi) is 6.09. The fourth-order valence-electron chi connectivity index (χ4n) is 2.31. The Morgan fingerprint density at radius 3 is 2.29 bits per heavy atom. The van der Waals surface area contributed by atoms with E-state index >= 15 is 0 Å². The van der Waals surface area contributed by atoms with Crippen molar-refractivity contribution in [3.63, 3.8) is 0 Å². The highest BCUT2D eigenvalue weighted by Gasteiger charge is 2.17. The predicted octanol–water partition coefficient (Wildman–Crippen LogP) is 3.85. The van der Waals surface area contributed by atoms with E-state index in [2.05, 4.69) is 11.6 Å². The van der Waals surface area contributed by atoms with Gasteiger partial charge in [0.2, 0.25) is 0 Å². The minimum absolute atomic E-state index is 0.215. The van der Waals surface area contributed by atoms with Crippen LogP contribution in [0.1, 0.15) is 25.3 Å². The first kappa shape index (κ1) is 18.1. The smallest absolute Gasteiger partial charge is 0.262 e. The maximum Gasteiger partial charge on any atom is 0.262 e. The van der Waals surface area contributed by atoms with E-state index in [1.165, 1.54) is 14.2 Å². The maximum atomic E-state index is 12.6. The molecule has 6 heteroatoms. The van der Waals surface area contributed by atoms with E-state index in [4.69, 9.17) is 9.47 Å². The zero-order chi connectivity index (χ0) is 17.6. The van der Waals surface area contributed by atoms with Crippen molar-refractivity contribution in [2.75, 3.05) is 18.9 Å². The predicted molar refractivity (Wildman–Crippen MR) is 95.4 cm³/mol. The molecule has 0 saturated carbocycles. The molecule has 0 aliphatic rings. The third-order valence-electron chi connectivity index (χ3n) is 3.70. The molecule has 130 valence electrons. The summed E-state index contributed by atoms with van der Waals surface area (Å²) in [7, 11) is -0.683. The van der Waals surface area contributed by atoms with Gasteiger partial charge in [-0.15, -0.1) is 0 Å². The van der Waals surface area contributed by atoms with Gasteiger partial charge in [0.1, 0.15) is 11.5 Å². The molecule has 0 heterocycles. The summed E-state index contributed by atoms with van der Waals surface area (Å²) in [5, 5.41) is 0. The summed E-state index contributed by atoms with van der Waals surface area (Å²) in [6.07, 6.45) is 3.15. The molecule has 2 rings (SSSR count). The Labute approximate surface area is 143 Å². The maximum absolute atomic E-state index is 12.6. The zero-order valence-electron chi connectivity index (χ0n) is 14.2. The summed E-state index contributed by atoms with van der Waals surface area (Å²) in [5.74, 6) is 0.974. The van der Waals surface area contributed by atoms with Crippen molar-refractivity contribution in [3.05, 3.63) is 48.0 Å². The van der Waals surface area contributed by atoms with Crippen LogP contribution in [0.15, 0.2) is 47.4 Å². The van der Waals surface area contributed by atoms with Gasteiger partial charge in [-0.25, -0.2) is 8.42 Å². The number of anilines is 1. The molecule has 0 radical (unpaired) electrons. The molecule has 1 N–H and O–H groups in total. The number of hydrogen-bond donors (Lipinski definition) is 1. The van der Waals surface area contributed by atoms with Crippen LogP contribution in [0.2, 0.25) is 0 Å². The highest BCUT2D eigenvalue weighted by atomic mass is 32.2. The van der Waals surface area contributed by atoms with E-state index < -0.39 is 10.0 Å².